The van der Waals surface area contributed by atoms with Crippen molar-refractivity contribution in [1.82, 2.24) is 10.6 Å². The van der Waals surface area contributed by atoms with E-state index in [4.69, 9.17) is 5.73 Å². The Morgan fingerprint density at radius 1 is 1.05 bits per heavy atom. The second-order valence-electron chi connectivity index (χ2n) is 3.22. The molecule has 0 atom stereocenters. The lowest BCUT2D eigenvalue weighted by Gasteiger charge is -2.15. The van der Waals surface area contributed by atoms with Crippen molar-refractivity contribution in [3.8, 4) is 0 Å². The molecule has 0 fully saturated rings. The molecule has 0 bridgehead atoms. The van der Waals surface area contributed by atoms with Gasteiger partial charge in [-0.3, -0.25) is 4.79 Å². The fraction of sp³-hybridized carbons (Fsp3) is 0.600. The van der Waals surface area contributed by atoms with E-state index in [2.05, 4.69) is 14.8 Å². The molecule has 0 aromatic carbocycles. The Morgan fingerprint density at radius 2 is 1.53 bits per heavy atom. The van der Waals surface area contributed by atoms with Gasteiger partial charge >= 0.3 is 18.0 Å². The van der Waals surface area contributed by atoms with Crippen LogP contribution in [0.5, 0.6) is 0 Å². The fourth-order valence-corrected chi connectivity index (χ4v) is 1.04. The van der Waals surface area contributed by atoms with Crippen LogP contribution < -0.4 is 16.4 Å². The Labute approximate surface area is 109 Å². The van der Waals surface area contributed by atoms with Crippen LogP contribution in [0.15, 0.2) is 0 Å². The third kappa shape index (κ3) is 6.86. The zero-order chi connectivity index (χ0) is 14.8. The molecule has 0 spiro atoms. The van der Waals surface area contributed by atoms with Gasteiger partial charge in [0.25, 0.3) is 0 Å². The standard InChI is InChI=1S/C10H17N3O6/c1-3-18-8(15)7(9(16)19-4-2)13-6(14)5-12-10(11)17/h7H,3-5H2,1-2H3,(H,13,14)(H3,11,12,17). The van der Waals surface area contributed by atoms with Crippen molar-refractivity contribution >= 4 is 23.9 Å². The summed E-state index contributed by atoms with van der Waals surface area (Å²) in [6.07, 6.45) is 0. The second kappa shape index (κ2) is 8.72. The highest BCUT2D eigenvalue weighted by Crippen LogP contribution is 1.94. The average molecular weight is 275 g/mol. The van der Waals surface area contributed by atoms with Gasteiger partial charge < -0.3 is 25.8 Å². The van der Waals surface area contributed by atoms with Crippen LogP contribution in [0.1, 0.15) is 13.8 Å². The quantitative estimate of drug-likeness (QED) is 0.373. The largest absolute Gasteiger partial charge is 0.464 e. The number of nitrogens with one attached hydrogen (secondary N) is 2. The molecule has 0 unspecified atom stereocenters. The molecule has 4 N–H and O–H groups in total. The van der Waals surface area contributed by atoms with Crippen LogP contribution in [0.2, 0.25) is 0 Å². The molecule has 3 amide bonds. The van der Waals surface area contributed by atoms with Crippen LogP contribution >= 0.6 is 0 Å². The SMILES string of the molecule is CCOC(=O)C(NC(=O)CNC(N)=O)C(=O)OCC. The highest BCUT2D eigenvalue weighted by Gasteiger charge is 2.31. The number of ether oxygens (including phenoxy) is 2. The van der Waals surface area contributed by atoms with Gasteiger partial charge in [0.2, 0.25) is 11.9 Å². The molecule has 108 valence electrons. The molecule has 0 radical (unpaired) electrons. The van der Waals surface area contributed by atoms with E-state index in [1.54, 1.807) is 13.8 Å². The summed E-state index contributed by atoms with van der Waals surface area (Å²) < 4.78 is 9.26. The first-order valence-electron chi connectivity index (χ1n) is 5.58. The highest BCUT2D eigenvalue weighted by molar-refractivity contribution is 6.02. The van der Waals surface area contributed by atoms with E-state index in [9.17, 15) is 19.2 Å². The summed E-state index contributed by atoms with van der Waals surface area (Å²) in [5, 5.41) is 4.10. The lowest BCUT2D eigenvalue weighted by molar-refractivity contribution is -0.159. The first-order chi connectivity index (χ1) is 8.92. The zero-order valence-electron chi connectivity index (χ0n) is 10.7. The van der Waals surface area contributed by atoms with Crippen molar-refractivity contribution in [1.29, 1.82) is 0 Å². The maximum Gasteiger partial charge on any atom is 0.340 e. The Hall–Kier alpha value is -2.32. The van der Waals surface area contributed by atoms with Crippen LogP contribution in [0.4, 0.5) is 4.79 Å². The van der Waals surface area contributed by atoms with E-state index >= 15 is 0 Å². The molecular weight excluding hydrogens is 258 g/mol. The van der Waals surface area contributed by atoms with Gasteiger partial charge in [0, 0.05) is 0 Å². The van der Waals surface area contributed by atoms with E-state index in [1.807, 2.05) is 5.32 Å². The summed E-state index contributed by atoms with van der Waals surface area (Å²) in [5.74, 6) is -2.65. The Balaban J connectivity index is 4.57. The molecule has 0 heterocycles. The third-order valence-electron chi connectivity index (χ3n) is 1.77. The predicted molar refractivity (Wildman–Crippen MR) is 62.8 cm³/mol. The summed E-state index contributed by atoms with van der Waals surface area (Å²) in [6.45, 7) is 2.73. The minimum Gasteiger partial charge on any atom is -0.464 e. The molecule has 0 saturated heterocycles. The van der Waals surface area contributed by atoms with Crippen LogP contribution in [0.3, 0.4) is 0 Å². The van der Waals surface area contributed by atoms with E-state index in [1.165, 1.54) is 0 Å². The minimum atomic E-state index is -1.57. The molecule has 0 aromatic rings. The molecule has 9 heteroatoms. The van der Waals surface area contributed by atoms with Crippen molar-refractivity contribution in [2.45, 2.75) is 19.9 Å². The third-order valence-corrected chi connectivity index (χ3v) is 1.77. The molecule has 19 heavy (non-hydrogen) atoms. The number of nitrogens with two attached hydrogens (primary N) is 1. The normalized spacial score (nSPS) is 9.63. The molecule has 9 nitrogen and oxygen atoms in total. The Bertz CT molecular complexity index is 339. The number of hydrogen-bond donors (Lipinski definition) is 3. The number of amides is 3. The Kier molecular flexibility index (Phi) is 7.66. The number of hydrogen-bond acceptors (Lipinski definition) is 6. The number of carbonyl (C=O) groups excluding carboxylic acids is 4. The lowest BCUT2D eigenvalue weighted by atomic mass is 10.3. The fourth-order valence-electron chi connectivity index (χ4n) is 1.04. The highest BCUT2D eigenvalue weighted by atomic mass is 16.6. The van der Waals surface area contributed by atoms with Crippen LogP contribution in [-0.4, -0.2) is 49.7 Å². The molecule has 0 aromatic heterocycles. The molecule has 0 aliphatic carbocycles. The minimum absolute atomic E-state index is 0.0458. The molecular formula is C10H17N3O6. The van der Waals surface area contributed by atoms with E-state index in [-0.39, 0.29) is 13.2 Å². The van der Waals surface area contributed by atoms with Crippen molar-refractivity contribution in [2.24, 2.45) is 5.73 Å². The van der Waals surface area contributed by atoms with E-state index in [0.717, 1.165) is 0 Å². The van der Waals surface area contributed by atoms with Gasteiger partial charge in [0.05, 0.1) is 19.8 Å². The van der Waals surface area contributed by atoms with Gasteiger partial charge in [-0.15, -0.1) is 0 Å². The van der Waals surface area contributed by atoms with Crippen molar-refractivity contribution in [2.75, 3.05) is 19.8 Å². The van der Waals surface area contributed by atoms with Crippen LogP contribution in [0.25, 0.3) is 0 Å². The van der Waals surface area contributed by atoms with Gasteiger partial charge in [-0.2, -0.15) is 0 Å². The first-order valence-corrected chi connectivity index (χ1v) is 5.58. The number of carbonyl (C=O) groups is 4. The van der Waals surface area contributed by atoms with Gasteiger partial charge in [0.1, 0.15) is 0 Å². The van der Waals surface area contributed by atoms with Crippen molar-refractivity contribution in [3.05, 3.63) is 0 Å². The average Bonchev–Trinajstić information content (AvgIpc) is 2.33. The molecule has 0 aliphatic heterocycles. The van der Waals surface area contributed by atoms with Crippen molar-refractivity contribution < 1.29 is 28.7 Å². The summed E-state index contributed by atoms with van der Waals surface area (Å²) >= 11 is 0. The summed E-state index contributed by atoms with van der Waals surface area (Å²) in [5.41, 5.74) is 4.77. The first kappa shape index (κ1) is 16.7. The number of primary amides is 1. The van der Waals surface area contributed by atoms with Crippen LogP contribution in [0, 0.1) is 0 Å². The zero-order valence-corrected chi connectivity index (χ0v) is 10.7. The van der Waals surface area contributed by atoms with Gasteiger partial charge in [-0.1, -0.05) is 0 Å². The van der Waals surface area contributed by atoms with E-state index in [0.29, 0.717) is 0 Å². The number of urea groups is 1. The van der Waals surface area contributed by atoms with E-state index < -0.39 is 36.5 Å². The van der Waals surface area contributed by atoms with Gasteiger partial charge in [0.15, 0.2) is 0 Å². The maximum atomic E-state index is 11.5. The topological polar surface area (TPSA) is 137 Å². The van der Waals surface area contributed by atoms with Gasteiger partial charge in [-0.25, -0.2) is 14.4 Å². The lowest BCUT2D eigenvalue weighted by Crippen LogP contribution is -2.51. The second-order valence-corrected chi connectivity index (χ2v) is 3.22. The molecule has 0 aliphatic rings. The smallest absolute Gasteiger partial charge is 0.340 e. The van der Waals surface area contributed by atoms with Gasteiger partial charge in [-0.05, 0) is 13.8 Å². The monoisotopic (exact) mass is 275 g/mol. The predicted octanol–water partition coefficient (Wildman–Crippen LogP) is -1.73. The Morgan fingerprint density at radius 3 is 1.89 bits per heavy atom. The summed E-state index contributed by atoms with van der Waals surface area (Å²) in [6, 6.07) is -2.47. The van der Waals surface area contributed by atoms with Crippen molar-refractivity contribution in [3.63, 3.8) is 0 Å². The van der Waals surface area contributed by atoms with Crippen LogP contribution in [-0.2, 0) is 23.9 Å². The number of esters is 2. The maximum absolute atomic E-state index is 11.5. The summed E-state index contributed by atoms with van der Waals surface area (Å²) in [7, 11) is 0. The summed E-state index contributed by atoms with van der Waals surface area (Å²) in [4.78, 5) is 44.8. The molecule has 0 rings (SSSR count). The number of rotatable bonds is 7. The molecule has 0 saturated carbocycles.